The summed E-state index contributed by atoms with van der Waals surface area (Å²) < 4.78 is 0. The first-order valence-corrected chi connectivity index (χ1v) is 5.32. The number of rotatable bonds is 2. The van der Waals surface area contributed by atoms with E-state index < -0.39 is 6.04 Å². The first-order chi connectivity index (χ1) is 7.06. The number of nitrogens with one attached hydrogen (secondary N) is 1. The van der Waals surface area contributed by atoms with Gasteiger partial charge in [0.25, 0.3) is 0 Å². The van der Waals surface area contributed by atoms with E-state index in [-0.39, 0.29) is 30.1 Å². The molecule has 0 aliphatic carbocycles. The van der Waals surface area contributed by atoms with Crippen LogP contribution in [-0.2, 0) is 9.59 Å². The molecule has 3 N–H and O–H groups in total. The molecule has 0 aromatic carbocycles. The normalized spacial score (nSPS) is 21.9. The minimum atomic E-state index is -0.478. The summed E-state index contributed by atoms with van der Waals surface area (Å²) in [6.07, 6.45) is 1.72. The Labute approximate surface area is 102 Å². The van der Waals surface area contributed by atoms with Crippen LogP contribution in [0.1, 0.15) is 19.8 Å². The lowest BCUT2D eigenvalue weighted by Crippen LogP contribution is -2.49. The lowest BCUT2D eigenvalue weighted by Gasteiger charge is -2.32. The summed E-state index contributed by atoms with van der Waals surface area (Å²) in [7, 11) is 1.62. The zero-order valence-electron chi connectivity index (χ0n) is 9.73. The quantitative estimate of drug-likeness (QED) is 0.708. The van der Waals surface area contributed by atoms with Crippen molar-refractivity contribution in [3.8, 4) is 0 Å². The zero-order valence-corrected chi connectivity index (χ0v) is 10.5. The molecule has 1 saturated heterocycles. The fourth-order valence-corrected chi connectivity index (χ4v) is 1.88. The van der Waals surface area contributed by atoms with Gasteiger partial charge in [-0.05, 0) is 19.8 Å². The fourth-order valence-electron chi connectivity index (χ4n) is 1.88. The standard InChI is InChI=1S/C10H19N3O2.ClH/c1-7(11)10(15)13-5-3-4-8(6-13)9(14)12-2;/h7-8H,3-6,11H2,1-2H3,(H,12,14);1H/t7-,8?;/m1./s1. The van der Waals surface area contributed by atoms with Gasteiger partial charge in [0, 0.05) is 20.1 Å². The van der Waals surface area contributed by atoms with E-state index in [2.05, 4.69) is 5.32 Å². The second-order valence-electron chi connectivity index (χ2n) is 4.03. The molecule has 0 radical (unpaired) electrons. The molecule has 0 saturated carbocycles. The van der Waals surface area contributed by atoms with Crippen molar-refractivity contribution in [1.82, 2.24) is 10.2 Å². The van der Waals surface area contributed by atoms with Gasteiger partial charge in [0.2, 0.25) is 11.8 Å². The molecule has 94 valence electrons. The highest BCUT2D eigenvalue weighted by molar-refractivity contribution is 5.85. The van der Waals surface area contributed by atoms with Gasteiger partial charge in [-0.25, -0.2) is 0 Å². The highest BCUT2D eigenvalue weighted by Gasteiger charge is 2.28. The number of nitrogens with zero attached hydrogens (tertiary/aromatic N) is 1. The third kappa shape index (κ3) is 3.64. The molecule has 16 heavy (non-hydrogen) atoms. The number of amides is 2. The van der Waals surface area contributed by atoms with Gasteiger partial charge in [-0.3, -0.25) is 9.59 Å². The summed E-state index contributed by atoms with van der Waals surface area (Å²) >= 11 is 0. The third-order valence-corrected chi connectivity index (χ3v) is 2.74. The number of hydrogen-bond donors (Lipinski definition) is 2. The molecule has 1 heterocycles. The number of carbonyl (C=O) groups is 2. The van der Waals surface area contributed by atoms with E-state index in [9.17, 15) is 9.59 Å². The second-order valence-corrected chi connectivity index (χ2v) is 4.03. The molecule has 1 aliphatic heterocycles. The van der Waals surface area contributed by atoms with E-state index >= 15 is 0 Å². The maximum Gasteiger partial charge on any atom is 0.239 e. The minimum Gasteiger partial charge on any atom is -0.359 e. The second kappa shape index (κ2) is 6.70. The average Bonchev–Trinajstić information content (AvgIpc) is 2.27. The predicted octanol–water partition coefficient (Wildman–Crippen LogP) is -0.260. The van der Waals surface area contributed by atoms with E-state index in [1.54, 1.807) is 18.9 Å². The maximum atomic E-state index is 11.6. The summed E-state index contributed by atoms with van der Waals surface area (Å²) in [6.45, 7) is 2.89. The lowest BCUT2D eigenvalue weighted by molar-refractivity contribution is -0.136. The lowest BCUT2D eigenvalue weighted by atomic mass is 9.97. The van der Waals surface area contributed by atoms with Gasteiger partial charge in [0.1, 0.15) is 0 Å². The van der Waals surface area contributed by atoms with Crippen LogP contribution in [0.2, 0.25) is 0 Å². The van der Waals surface area contributed by atoms with Crippen molar-refractivity contribution in [2.45, 2.75) is 25.8 Å². The van der Waals surface area contributed by atoms with Gasteiger partial charge in [-0.2, -0.15) is 0 Å². The van der Waals surface area contributed by atoms with Crippen LogP contribution in [0.3, 0.4) is 0 Å². The van der Waals surface area contributed by atoms with Gasteiger partial charge in [0.05, 0.1) is 12.0 Å². The van der Waals surface area contributed by atoms with Crippen molar-refractivity contribution in [2.24, 2.45) is 11.7 Å². The molecule has 2 amide bonds. The number of nitrogens with two attached hydrogens (primary N) is 1. The van der Waals surface area contributed by atoms with Crippen LogP contribution in [0, 0.1) is 5.92 Å². The van der Waals surface area contributed by atoms with Crippen molar-refractivity contribution in [2.75, 3.05) is 20.1 Å². The molecule has 0 aromatic rings. The third-order valence-electron chi connectivity index (χ3n) is 2.74. The summed E-state index contributed by atoms with van der Waals surface area (Å²) in [6, 6.07) is -0.478. The molecule has 5 nitrogen and oxygen atoms in total. The van der Waals surface area contributed by atoms with Gasteiger partial charge < -0.3 is 16.0 Å². The molecular weight excluding hydrogens is 230 g/mol. The molecule has 6 heteroatoms. The van der Waals surface area contributed by atoms with Gasteiger partial charge >= 0.3 is 0 Å². The fraction of sp³-hybridized carbons (Fsp3) is 0.800. The number of piperidine rings is 1. The number of likely N-dealkylation sites (tertiary alicyclic amines) is 1. The molecule has 1 aliphatic rings. The van der Waals surface area contributed by atoms with E-state index in [1.807, 2.05) is 0 Å². The Kier molecular flexibility index (Phi) is 6.36. The van der Waals surface area contributed by atoms with E-state index in [4.69, 9.17) is 5.73 Å². The van der Waals surface area contributed by atoms with Crippen LogP contribution >= 0.6 is 12.4 Å². The van der Waals surface area contributed by atoms with Crippen LogP contribution in [-0.4, -0.2) is 42.9 Å². The van der Waals surface area contributed by atoms with Crippen LogP contribution in [0.5, 0.6) is 0 Å². The zero-order chi connectivity index (χ0) is 11.4. The topological polar surface area (TPSA) is 75.4 Å². The van der Waals surface area contributed by atoms with Crippen molar-refractivity contribution >= 4 is 24.2 Å². The van der Waals surface area contributed by atoms with Crippen molar-refractivity contribution in [3.05, 3.63) is 0 Å². The maximum absolute atomic E-state index is 11.6. The molecule has 1 rings (SSSR count). The van der Waals surface area contributed by atoms with E-state index in [0.717, 1.165) is 12.8 Å². The van der Waals surface area contributed by atoms with Crippen LogP contribution < -0.4 is 11.1 Å². The Balaban J connectivity index is 0.00000225. The summed E-state index contributed by atoms with van der Waals surface area (Å²) in [4.78, 5) is 24.7. The highest BCUT2D eigenvalue weighted by Crippen LogP contribution is 2.16. The van der Waals surface area contributed by atoms with Gasteiger partial charge in [-0.1, -0.05) is 0 Å². The molecule has 2 atom stereocenters. The Bertz CT molecular complexity index is 258. The van der Waals surface area contributed by atoms with Crippen LogP contribution in [0.4, 0.5) is 0 Å². The van der Waals surface area contributed by atoms with Crippen LogP contribution in [0.15, 0.2) is 0 Å². The molecular formula is C10H20ClN3O2. The van der Waals surface area contributed by atoms with Gasteiger partial charge in [-0.15, -0.1) is 12.4 Å². The monoisotopic (exact) mass is 249 g/mol. The van der Waals surface area contributed by atoms with Crippen molar-refractivity contribution < 1.29 is 9.59 Å². The minimum absolute atomic E-state index is 0. The molecule has 0 spiro atoms. The molecule has 0 bridgehead atoms. The first-order valence-electron chi connectivity index (χ1n) is 5.32. The molecule has 0 aromatic heterocycles. The summed E-state index contributed by atoms with van der Waals surface area (Å²) in [5.74, 6) is -0.132. The Morgan fingerprint density at radius 2 is 2.12 bits per heavy atom. The smallest absolute Gasteiger partial charge is 0.239 e. The van der Waals surface area contributed by atoms with Crippen LogP contribution in [0.25, 0.3) is 0 Å². The summed E-state index contributed by atoms with van der Waals surface area (Å²) in [5, 5.41) is 2.62. The number of carbonyl (C=O) groups excluding carboxylic acids is 2. The molecule has 1 unspecified atom stereocenters. The predicted molar refractivity (Wildman–Crippen MR) is 64.3 cm³/mol. The number of halogens is 1. The van der Waals surface area contributed by atoms with E-state index in [0.29, 0.717) is 13.1 Å². The summed E-state index contributed by atoms with van der Waals surface area (Å²) in [5.41, 5.74) is 5.53. The number of hydrogen-bond acceptors (Lipinski definition) is 3. The SMILES string of the molecule is CNC(=O)C1CCCN(C(=O)[C@@H](C)N)C1.Cl. The van der Waals surface area contributed by atoms with Crippen molar-refractivity contribution in [3.63, 3.8) is 0 Å². The Morgan fingerprint density at radius 1 is 1.50 bits per heavy atom. The largest absolute Gasteiger partial charge is 0.359 e. The average molecular weight is 250 g/mol. The highest BCUT2D eigenvalue weighted by atomic mass is 35.5. The van der Waals surface area contributed by atoms with E-state index in [1.165, 1.54) is 0 Å². The van der Waals surface area contributed by atoms with Gasteiger partial charge in [0.15, 0.2) is 0 Å². The molecule has 1 fully saturated rings. The van der Waals surface area contributed by atoms with Crippen molar-refractivity contribution in [1.29, 1.82) is 0 Å². The Hall–Kier alpha value is -0.810. The Morgan fingerprint density at radius 3 is 2.62 bits per heavy atom. The first kappa shape index (κ1) is 15.2.